The van der Waals surface area contributed by atoms with Crippen LogP contribution in [0.25, 0.3) is 0 Å². The summed E-state index contributed by atoms with van der Waals surface area (Å²) in [6, 6.07) is 5.84. The molecule has 2 rings (SSSR count). The van der Waals surface area contributed by atoms with E-state index < -0.39 is 11.6 Å². The molecule has 0 atom stereocenters. The van der Waals surface area contributed by atoms with Crippen LogP contribution in [0.15, 0.2) is 18.2 Å². The number of unbranched alkanes of at least 4 members (excludes halogenated alkanes) is 1. The quantitative estimate of drug-likeness (QED) is 0.781. The zero-order valence-corrected chi connectivity index (χ0v) is 14.1. The molecule has 0 radical (unpaired) electrons. The number of anilines is 1. The van der Waals surface area contributed by atoms with Gasteiger partial charge in [0.2, 0.25) is 0 Å². The predicted molar refractivity (Wildman–Crippen MR) is 89.0 cm³/mol. The van der Waals surface area contributed by atoms with Crippen LogP contribution in [0.1, 0.15) is 51.5 Å². The predicted octanol–water partition coefficient (Wildman–Crippen LogP) is 3.53. The van der Waals surface area contributed by atoms with E-state index in [9.17, 15) is 9.59 Å². The lowest BCUT2D eigenvalue weighted by Crippen LogP contribution is -2.55. The molecule has 0 aromatic heterocycles. The van der Waals surface area contributed by atoms with E-state index in [0.29, 0.717) is 32.2 Å². The fourth-order valence-electron chi connectivity index (χ4n) is 3.00. The number of carbonyl (C=O) groups is 2. The number of rotatable bonds is 7. The number of aliphatic carboxylic acids is 1. The van der Waals surface area contributed by atoms with Gasteiger partial charge in [-0.15, -0.1) is 0 Å². The Morgan fingerprint density at radius 3 is 2.57 bits per heavy atom. The number of nitrogens with zero attached hydrogens (tertiary/aromatic N) is 1. The number of hydrogen-bond donors (Lipinski definition) is 1. The number of amides is 1. The highest BCUT2D eigenvalue weighted by atomic mass is 16.5. The van der Waals surface area contributed by atoms with Crippen molar-refractivity contribution in [2.45, 2.75) is 58.5 Å². The van der Waals surface area contributed by atoms with Crippen LogP contribution in [0.3, 0.4) is 0 Å². The molecule has 1 N–H and O–H groups in total. The maximum atomic E-state index is 13.0. The van der Waals surface area contributed by atoms with Crippen molar-refractivity contribution in [3.63, 3.8) is 0 Å². The van der Waals surface area contributed by atoms with Crippen LogP contribution in [-0.2, 0) is 9.59 Å². The number of carbonyl (C=O) groups excluding carboxylic acids is 1. The Morgan fingerprint density at radius 2 is 1.96 bits per heavy atom. The molecule has 1 aromatic carbocycles. The molecule has 5 heteroatoms. The number of carboxylic acids is 1. The normalized spacial score (nSPS) is 16.0. The van der Waals surface area contributed by atoms with E-state index in [1.807, 2.05) is 39.0 Å². The highest BCUT2D eigenvalue weighted by Gasteiger charge is 2.45. The third-order valence-electron chi connectivity index (χ3n) is 4.51. The van der Waals surface area contributed by atoms with Crippen molar-refractivity contribution in [2.24, 2.45) is 0 Å². The maximum absolute atomic E-state index is 13.0. The van der Waals surface area contributed by atoms with Gasteiger partial charge in [-0.2, -0.15) is 0 Å². The third-order valence-corrected chi connectivity index (χ3v) is 4.51. The van der Waals surface area contributed by atoms with Crippen LogP contribution in [0.2, 0.25) is 0 Å². The monoisotopic (exact) mass is 319 g/mol. The van der Waals surface area contributed by atoms with Crippen LogP contribution in [-0.4, -0.2) is 29.1 Å². The van der Waals surface area contributed by atoms with Crippen molar-refractivity contribution >= 4 is 17.6 Å². The van der Waals surface area contributed by atoms with E-state index >= 15 is 0 Å². The molecule has 1 aliphatic heterocycles. The molecule has 1 aliphatic rings. The topological polar surface area (TPSA) is 66.8 Å². The van der Waals surface area contributed by atoms with E-state index in [2.05, 4.69) is 0 Å². The summed E-state index contributed by atoms with van der Waals surface area (Å²) < 4.78 is 6.10. The average Bonchev–Trinajstić information content (AvgIpc) is 2.52. The van der Waals surface area contributed by atoms with Gasteiger partial charge >= 0.3 is 5.97 Å². The summed E-state index contributed by atoms with van der Waals surface area (Å²) in [5, 5.41) is 8.75. The summed E-state index contributed by atoms with van der Waals surface area (Å²) in [4.78, 5) is 25.4. The van der Waals surface area contributed by atoms with Crippen molar-refractivity contribution in [3.05, 3.63) is 23.8 Å². The Labute approximate surface area is 137 Å². The first-order valence-corrected chi connectivity index (χ1v) is 8.27. The lowest BCUT2D eigenvalue weighted by Gasteiger charge is -2.42. The molecule has 0 aliphatic carbocycles. The van der Waals surface area contributed by atoms with E-state index in [1.165, 1.54) is 0 Å². The number of ether oxygens (including phenoxy) is 1. The van der Waals surface area contributed by atoms with Crippen molar-refractivity contribution in [2.75, 3.05) is 11.4 Å². The van der Waals surface area contributed by atoms with Crippen LogP contribution < -0.4 is 9.64 Å². The van der Waals surface area contributed by atoms with Gasteiger partial charge in [0.1, 0.15) is 5.75 Å². The van der Waals surface area contributed by atoms with Crippen molar-refractivity contribution in [1.29, 1.82) is 0 Å². The number of hydrogen-bond acceptors (Lipinski definition) is 3. The molecule has 0 fully saturated rings. The first-order valence-electron chi connectivity index (χ1n) is 8.27. The molecule has 1 amide bonds. The Balaban J connectivity index is 2.27. The first kappa shape index (κ1) is 17.3. The zero-order chi connectivity index (χ0) is 17.0. The Bertz CT molecular complexity index is 593. The number of carboxylic acid groups (broad SMARTS) is 1. The lowest BCUT2D eigenvalue weighted by atomic mass is 9.92. The van der Waals surface area contributed by atoms with Gasteiger partial charge in [0.15, 0.2) is 5.60 Å². The van der Waals surface area contributed by atoms with E-state index in [-0.39, 0.29) is 12.3 Å². The summed E-state index contributed by atoms with van der Waals surface area (Å²) in [6.45, 7) is 6.44. The summed E-state index contributed by atoms with van der Waals surface area (Å²) >= 11 is 0. The van der Waals surface area contributed by atoms with Crippen LogP contribution in [0.4, 0.5) is 5.69 Å². The van der Waals surface area contributed by atoms with Crippen molar-refractivity contribution in [1.82, 2.24) is 0 Å². The second kappa shape index (κ2) is 7.02. The molecule has 0 bridgehead atoms. The SMILES string of the molecule is CCC1(CC)Oc2cc(C)ccc2N(CCCCC(=O)O)C1=O. The van der Waals surface area contributed by atoms with Gasteiger partial charge in [-0.25, -0.2) is 0 Å². The molecule has 0 saturated heterocycles. The van der Waals surface area contributed by atoms with Gasteiger partial charge < -0.3 is 14.7 Å². The minimum Gasteiger partial charge on any atom is -0.481 e. The number of fused-ring (bicyclic) bond motifs is 1. The van der Waals surface area contributed by atoms with E-state index in [1.54, 1.807) is 4.90 Å². The van der Waals surface area contributed by atoms with Crippen molar-refractivity contribution in [3.8, 4) is 5.75 Å². The minimum absolute atomic E-state index is 0.0193. The smallest absolute Gasteiger partial charge is 0.303 e. The lowest BCUT2D eigenvalue weighted by molar-refractivity contribution is -0.137. The molecule has 126 valence electrons. The van der Waals surface area contributed by atoms with Gasteiger partial charge in [-0.3, -0.25) is 9.59 Å². The molecular formula is C18H25NO4. The minimum atomic E-state index is -0.812. The highest BCUT2D eigenvalue weighted by Crippen LogP contribution is 2.41. The molecule has 23 heavy (non-hydrogen) atoms. The van der Waals surface area contributed by atoms with Gasteiger partial charge in [0.25, 0.3) is 5.91 Å². The Morgan fingerprint density at radius 1 is 1.26 bits per heavy atom. The molecule has 0 unspecified atom stereocenters. The number of benzene rings is 1. The number of aryl methyl sites for hydroxylation is 1. The second-order valence-corrected chi connectivity index (χ2v) is 6.08. The molecule has 0 spiro atoms. The van der Waals surface area contributed by atoms with Gasteiger partial charge in [0.05, 0.1) is 5.69 Å². The fourth-order valence-corrected chi connectivity index (χ4v) is 3.00. The zero-order valence-electron chi connectivity index (χ0n) is 14.1. The molecule has 1 aromatic rings. The fraction of sp³-hybridized carbons (Fsp3) is 0.556. The molecular weight excluding hydrogens is 294 g/mol. The van der Waals surface area contributed by atoms with E-state index in [0.717, 1.165) is 17.0 Å². The molecule has 5 nitrogen and oxygen atoms in total. The largest absolute Gasteiger partial charge is 0.481 e. The Hall–Kier alpha value is -2.04. The van der Waals surface area contributed by atoms with Crippen LogP contribution >= 0.6 is 0 Å². The highest BCUT2D eigenvalue weighted by molar-refractivity contribution is 6.02. The maximum Gasteiger partial charge on any atom is 0.303 e. The standard InChI is InChI=1S/C18H25NO4/c1-4-18(5-2)17(22)19(11-7-6-8-16(20)21)14-10-9-13(3)12-15(14)23-18/h9-10,12H,4-8,11H2,1-3H3,(H,20,21). The van der Waals surface area contributed by atoms with Gasteiger partial charge in [-0.1, -0.05) is 19.9 Å². The van der Waals surface area contributed by atoms with Crippen LogP contribution in [0, 0.1) is 6.92 Å². The summed E-state index contributed by atoms with van der Waals surface area (Å²) in [6.07, 6.45) is 2.58. The summed E-state index contributed by atoms with van der Waals surface area (Å²) in [5.41, 5.74) is 1.06. The molecule has 0 saturated carbocycles. The summed E-state index contributed by atoms with van der Waals surface area (Å²) in [7, 11) is 0. The second-order valence-electron chi connectivity index (χ2n) is 6.08. The third kappa shape index (κ3) is 3.49. The first-order chi connectivity index (χ1) is 10.9. The van der Waals surface area contributed by atoms with Crippen LogP contribution in [0.5, 0.6) is 5.75 Å². The Kier molecular flexibility index (Phi) is 5.29. The van der Waals surface area contributed by atoms with Gasteiger partial charge in [-0.05, 0) is 50.3 Å². The van der Waals surface area contributed by atoms with Crippen molar-refractivity contribution < 1.29 is 19.4 Å². The molecule has 1 heterocycles. The van der Waals surface area contributed by atoms with Gasteiger partial charge in [0, 0.05) is 13.0 Å². The summed E-state index contributed by atoms with van der Waals surface area (Å²) in [5.74, 6) is -0.0773. The average molecular weight is 319 g/mol. The van der Waals surface area contributed by atoms with E-state index in [4.69, 9.17) is 9.84 Å².